The summed E-state index contributed by atoms with van der Waals surface area (Å²) in [6.07, 6.45) is 8.21. The van der Waals surface area contributed by atoms with Crippen LogP contribution in [0.5, 0.6) is 0 Å². The number of aromatic nitrogens is 6. The Bertz CT molecular complexity index is 824. The summed E-state index contributed by atoms with van der Waals surface area (Å²) in [7, 11) is 0. The Morgan fingerprint density at radius 3 is 2.92 bits per heavy atom. The normalized spacial score (nSPS) is 10.8. The van der Waals surface area contributed by atoms with E-state index in [4.69, 9.17) is 0 Å². The number of anilines is 1. The molecule has 3 aromatic rings. The van der Waals surface area contributed by atoms with Crippen LogP contribution in [0.3, 0.4) is 0 Å². The Morgan fingerprint density at radius 2 is 2.16 bits per heavy atom. The summed E-state index contributed by atoms with van der Waals surface area (Å²) in [4.78, 5) is 24.6. The lowest BCUT2D eigenvalue weighted by Gasteiger charge is -2.12. The van der Waals surface area contributed by atoms with Crippen LogP contribution in [0, 0.1) is 5.92 Å². The SMILES string of the molecule is CC(C)Cn1ccnc1CNC(=O)Nc1cccnc1-n1cncn1. The van der Waals surface area contributed by atoms with E-state index in [1.807, 2.05) is 10.8 Å². The lowest BCUT2D eigenvalue weighted by Crippen LogP contribution is -2.30. The van der Waals surface area contributed by atoms with E-state index < -0.39 is 0 Å². The number of imidazole rings is 1. The van der Waals surface area contributed by atoms with Gasteiger partial charge in [-0.3, -0.25) is 0 Å². The molecule has 2 N–H and O–H groups in total. The monoisotopic (exact) mass is 340 g/mol. The second-order valence-electron chi connectivity index (χ2n) is 5.91. The van der Waals surface area contributed by atoms with Gasteiger partial charge in [-0.15, -0.1) is 0 Å². The van der Waals surface area contributed by atoms with E-state index in [9.17, 15) is 4.79 Å². The number of nitrogens with one attached hydrogen (secondary N) is 2. The van der Waals surface area contributed by atoms with Crippen molar-refractivity contribution in [2.75, 3.05) is 5.32 Å². The summed E-state index contributed by atoms with van der Waals surface area (Å²) >= 11 is 0. The highest BCUT2D eigenvalue weighted by Gasteiger charge is 2.11. The summed E-state index contributed by atoms with van der Waals surface area (Å²) in [6, 6.07) is 3.16. The highest BCUT2D eigenvalue weighted by atomic mass is 16.2. The van der Waals surface area contributed by atoms with Crippen molar-refractivity contribution < 1.29 is 4.79 Å². The number of carbonyl (C=O) groups excluding carboxylic acids is 1. The molecule has 0 spiro atoms. The molecule has 0 aliphatic rings. The van der Waals surface area contributed by atoms with E-state index in [0.717, 1.165) is 12.4 Å². The minimum absolute atomic E-state index is 0.338. The summed E-state index contributed by atoms with van der Waals surface area (Å²) in [6.45, 7) is 5.47. The van der Waals surface area contributed by atoms with Gasteiger partial charge in [0.25, 0.3) is 0 Å². The molecule has 3 heterocycles. The summed E-state index contributed by atoms with van der Waals surface area (Å²) < 4.78 is 3.53. The fourth-order valence-electron chi connectivity index (χ4n) is 2.39. The third kappa shape index (κ3) is 4.19. The molecule has 3 rings (SSSR count). The van der Waals surface area contributed by atoms with Crippen molar-refractivity contribution in [2.24, 2.45) is 5.92 Å². The van der Waals surface area contributed by atoms with Crippen LogP contribution in [0.2, 0.25) is 0 Å². The number of rotatable bonds is 6. The maximum atomic E-state index is 12.2. The van der Waals surface area contributed by atoms with Crippen molar-refractivity contribution in [1.82, 2.24) is 34.6 Å². The first-order chi connectivity index (χ1) is 12.1. The van der Waals surface area contributed by atoms with Crippen molar-refractivity contribution in [1.29, 1.82) is 0 Å². The van der Waals surface area contributed by atoms with Crippen molar-refractivity contribution in [3.05, 3.63) is 49.2 Å². The number of nitrogens with zero attached hydrogens (tertiary/aromatic N) is 6. The largest absolute Gasteiger partial charge is 0.333 e. The van der Waals surface area contributed by atoms with Crippen molar-refractivity contribution >= 4 is 11.7 Å². The Balaban J connectivity index is 1.64. The molecule has 130 valence electrons. The molecule has 0 saturated carbocycles. The molecule has 0 aliphatic heterocycles. The first kappa shape index (κ1) is 16.6. The molecule has 25 heavy (non-hydrogen) atoms. The topological polar surface area (TPSA) is 103 Å². The zero-order valence-corrected chi connectivity index (χ0v) is 14.1. The van der Waals surface area contributed by atoms with Gasteiger partial charge in [-0.25, -0.2) is 24.4 Å². The fourth-order valence-corrected chi connectivity index (χ4v) is 2.39. The minimum Gasteiger partial charge on any atom is -0.333 e. The van der Waals surface area contributed by atoms with Gasteiger partial charge >= 0.3 is 6.03 Å². The number of hydrogen-bond donors (Lipinski definition) is 2. The lowest BCUT2D eigenvalue weighted by atomic mass is 10.2. The third-order valence-corrected chi connectivity index (χ3v) is 3.44. The highest BCUT2D eigenvalue weighted by molar-refractivity contribution is 5.90. The summed E-state index contributed by atoms with van der Waals surface area (Å²) in [5.41, 5.74) is 0.538. The van der Waals surface area contributed by atoms with E-state index in [-0.39, 0.29) is 6.03 Å². The average molecular weight is 340 g/mol. The Hall–Kier alpha value is -3.23. The molecule has 9 heteroatoms. The molecule has 9 nitrogen and oxygen atoms in total. The maximum absolute atomic E-state index is 12.2. The molecule has 0 unspecified atom stereocenters. The molecule has 0 atom stereocenters. The molecule has 0 bridgehead atoms. The predicted octanol–water partition coefficient (Wildman–Crippen LogP) is 1.84. The minimum atomic E-state index is -0.339. The van der Waals surface area contributed by atoms with Gasteiger partial charge in [0.2, 0.25) is 0 Å². The third-order valence-electron chi connectivity index (χ3n) is 3.44. The number of carbonyl (C=O) groups is 1. The number of pyridine rings is 1. The molecule has 0 saturated heterocycles. The quantitative estimate of drug-likeness (QED) is 0.713. The molecule has 0 aromatic carbocycles. The Kier molecular flexibility index (Phi) is 5.03. The maximum Gasteiger partial charge on any atom is 0.319 e. The van der Waals surface area contributed by atoms with Crippen molar-refractivity contribution in [3.8, 4) is 5.82 Å². The van der Waals surface area contributed by atoms with Gasteiger partial charge in [-0.2, -0.15) is 5.10 Å². The van der Waals surface area contributed by atoms with Gasteiger partial charge in [0.1, 0.15) is 18.5 Å². The smallest absolute Gasteiger partial charge is 0.319 e. The van der Waals surface area contributed by atoms with E-state index >= 15 is 0 Å². The predicted molar refractivity (Wildman–Crippen MR) is 92.1 cm³/mol. The van der Waals surface area contributed by atoms with Crippen LogP contribution in [-0.4, -0.2) is 35.3 Å². The molecule has 0 fully saturated rings. The zero-order valence-electron chi connectivity index (χ0n) is 14.1. The highest BCUT2D eigenvalue weighted by Crippen LogP contribution is 2.15. The van der Waals surface area contributed by atoms with Gasteiger partial charge in [0, 0.05) is 25.1 Å². The van der Waals surface area contributed by atoms with Crippen molar-refractivity contribution in [2.45, 2.75) is 26.9 Å². The molecular formula is C16H20N8O. The van der Waals surface area contributed by atoms with Gasteiger partial charge in [-0.1, -0.05) is 13.8 Å². The van der Waals surface area contributed by atoms with Gasteiger partial charge in [-0.05, 0) is 18.1 Å². The van der Waals surface area contributed by atoms with Crippen LogP contribution in [-0.2, 0) is 13.1 Å². The molecule has 0 aliphatic carbocycles. The molecule has 0 radical (unpaired) electrons. The van der Waals surface area contributed by atoms with Crippen molar-refractivity contribution in [3.63, 3.8) is 0 Å². The second kappa shape index (κ2) is 7.56. The molecular weight excluding hydrogens is 320 g/mol. The lowest BCUT2D eigenvalue weighted by molar-refractivity contribution is 0.251. The van der Waals surface area contributed by atoms with E-state index in [1.165, 1.54) is 17.3 Å². The standard InChI is InChI=1S/C16H20N8O/c1-12(2)9-23-7-6-18-14(23)8-20-16(25)22-13-4-3-5-19-15(13)24-11-17-10-21-24/h3-7,10-12H,8-9H2,1-2H3,(H2,20,22,25). The van der Waals surface area contributed by atoms with E-state index in [0.29, 0.717) is 24.0 Å². The summed E-state index contributed by atoms with van der Waals surface area (Å²) in [5.74, 6) is 1.81. The first-order valence-corrected chi connectivity index (χ1v) is 7.98. The average Bonchev–Trinajstić information content (AvgIpc) is 3.25. The number of amides is 2. The van der Waals surface area contributed by atoms with Gasteiger partial charge in [0.05, 0.1) is 12.2 Å². The fraction of sp³-hybridized carbons (Fsp3) is 0.312. The molecule has 3 aromatic heterocycles. The second-order valence-corrected chi connectivity index (χ2v) is 5.91. The first-order valence-electron chi connectivity index (χ1n) is 7.98. The summed E-state index contributed by atoms with van der Waals surface area (Å²) in [5, 5.41) is 9.63. The van der Waals surface area contributed by atoms with Crippen LogP contribution in [0.4, 0.5) is 10.5 Å². The Morgan fingerprint density at radius 1 is 1.28 bits per heavy atom. The number of hydrogen-bond acceptors (Lipinski definition) is 5. The van der Waals surface area contributed by atoms with E-state index in [1.54, 1.807) is 24.5 Å². The number of urea groups is 1. The Labute approximate surface area is 145 Å². The van der Waals surface area contributed by atoms with Gasteiger partial charge in [0.15, 0.2) is 5.82 Å². The zero-order chi connectivity index (χ0) is 17.6. The van der Waals surface area contributed by atoms with Crippen LogP contribution in [0.25, 0.3) is 5.82 Å². The van der Waals surface area contributed by atoms with Crippen LogP contribution in [0.15, 0.2) is 43.4 Å². The van der Waals surface area contributed by atoms with Crippen LogP contribution >= 0.6 is 0 Å². The van der Waals surface area contributed by atoms with Crippen LogP contribution < -0.4 is 10.6 Å². The molecule has 2 amide bonds. The van der Waals surface area contributed by atoms with Gasteiger partial charge < -0.3 is 15.2 Å². The van der Waals surface area contributed by atoms with E-state index in [2.05, 4.69) is 44.5 Å². The van der Waals surface area contributed by atoms with Crippen LogP contribution in [0.1, 0.15) is 19.7 Å².